The topological polar surface area (TPSA) is 96.8 Å². The van der Waals surface area contributed by atoms with Crippen molar-refractivity contribution in [2.75, 3.05) is 52.9 Å². The lowest BCUT2D eigenvalue weighted by molar-refractivity contribution is -0.141. The number of nitrogens with zero attached hydrogens (tertiary/aromatic N) is 4. The van der Waals surface area contributed by atoms with Crippen LogP contribution >= 0.6 is 0 Å². The van der Waals surface area contributed by atoms with Gasteiger partial charge in [0.1, 0.15) is 12.8 Å². The molecule has 0 aliphatic rings. The number of imidazole rings is 1. The van der Waals surface area contributed by atoms with Crippen LogP contribution in [-0.2, 0) is 16.1 Å². The van der Waals surface area contributed by atoms with Crippen LogP contribution in [0.3, 0.4) is 0 Å². The average molecular weight is 618 g/mol. The Labute approximate surface area is 268 Å². The molecule has 252 valence electrons. The lowest BCUT2D eigenvalue weighted by atomic mass is 10.1. The van der Waals surface area contributed by atoms with Gasteiger partial charge in [-0.05, 0) is 102 Å². The van der Waals surface area contributed by atoms with Crippen LogP contribution < -0.4 is 5.32 Å². The smallest absolute Gasteiger partial charge is 0.325 e. The number of rotatable bonds is 19. The number of ether oxygens (including phenoxy) is 1. The molecular weight excluding hydrogens is 554 g/mol. The van der Waals surface area contributed by atoms with Crippen LogP contribution in [0.2, 0.25) is 0 Å². The van der Waals surface area contributed by atoms with Crippen molar-refractivity contribution >= 4 is 29.2 Å². The molecule has 1 N–H and O–H groups in total. The molecular formula is C35H63N5O4. The van der Waals surface area contributed by atoms with Gasteiger partial charge in [0.2, 0.25) is 0 Å². The van der Waals surface area contributed by atoms with Crippen molar-refractivity contribution in [3.8, 4) is 0 Å². The quantitative estimate of drug-likeness (QED) is 0.139. The summed E-state index contributed by atoms with van der Waals surface area (Å²) < 4.78 is 6.69. The molecule has 0 fully saturated rings. The highest BCUT2D eigenvalue weighted by Crippen LogP contribution is 2.19. The second-order valence-corrected chi connectivity index (χ2v) is 11.8. The van der Waals surface area contributed by atoms with Crippen molar-refractivity contribution in [2.45, 2.75) is 101 Å². The third-order valence-electron chi connectivity index (χ3n) is 7.12. The van der Waals surface area contributed by atoms with Gasteiger partial charge in [0.25, 0.3) is 5.91 Å². The number of amides is 1. The second-order valence-electron chi connectivity index (χ2n) is 11.8. The van der Waals surface area contributed by atoms with E-state index in [1.807, 2.05) is 18.4 Å². The summed E-state index contributed by atoms with van der Waals surface area (Å²) in [5.74, 6) is 0.975. The lowest BCUT2D eigenvalue weighted by Gasteiger charge is -2.20. The van der Waals surface area contributed by atoms with Crippen LogP contribution in [0.15, 0.2) is 18.2 Å². The van der Waals surface area contributed by atoms with Gasteiger partial charge in [-0.1, -0.05) is 61.8 Å². The molecule has 2 rings (SSSR count). The van der Waals surface area contributed by atoms with Crippen molar-refractivity contribution in [1.29, 1.82) is 0 Å². The highest BCUT2D eigenvalue weighted by atomic mass is 16.5. The molecule has 0 aliphatic carbocycles. The summed E-state index contributed by atoms with van der Waals surface area (Å²) in [5.41, 5.74) is 1.90. The van der Waals surface area contributed by atoms with Gasteiger partial charge < -0.3 is 24.4 Å². The van der Waals surface area contributed by atoms with Gasteiger partial charge in [0, 0.05) is 12.1 Å². The molecule has 0 atom stereocenters. The summed E-state index contributed by atoms with van der Waals surface area (Å²) in [6.45, 7) is 25.3. The van der Waals surface area contributed by atoms with E-state index in [2.05, 4.69) is 68.7 Å². The number of aromatic nitrogens is 2. The highest BCUT2D eigenvalue weighted by molar-refractivity contribution is 5.97. The van der Waals surface area contributed by atoms with Gasteiger partial charge in [-0.15, -0.1) is 0 Å². The molecule has 9 nitrogen and oxygen atoms in total. The Morgan fingerprint density at radius 2 is 1.59 bits per heavy atom. The molecule has 9 heteroatoms. The minimum Gasteiger partial charge on any atom is -0.465 e. The molecule has 0 bridgehead atoms. The Morgan fingerprint density at radius 1 is 0.977 bits per heavy atom. The zero-order valence-corrected chi connectivity index (χ0v) is 29.6. The number of carbonyl (C=O) groups excluding carboxylic acids is 3. The number of carbonyl (C=O) groups is 3. The second kappa shape index (κ2) is 24.5. The Kier molecular flexibility index (Phi) is 23.0. The summed E-state index contributed by atoms with van der Waals surface area (Å²) >= 11 is 0. The highest BCUT2D eigenvalue weighted by Gasteiger charge is 2.19. The first-order valence-corrected chi connectivity index (χ1v) is 16.9. The first-order valence-electron chi connectivity index (χ1n) is 16.9. The van der Waals surface area contributed by atoms with Crippen LogP contribution in [0.5, 0.6) is 0 Å². The number of aldehydes is 1. The predicted molar refractivity (Wildman–Crippen MR) is 183 cm³/mol. The summed E-state index contributed by atoms with van der Waals surface area (Å²) in [5, 5.41) is 2.57. The fourth-order valence-corrected chi connectivity index (χ4v) is 4.39. The van der Waals surface area contributed by atoms with E-state index in [1.165, 1.54) is 25.9 Å². The van der Waals surface area contributed by atoms with E-state index < -0.39 is 11.9 Å². The molecule has 1 aromatic heterocycles. The molecule has 1 aromatic carbocycles. The van der Waals surface area contributed by atoms with Gasteiger partial charge in [0.05, 0.1) is 17.6 Å². The first-order chi connectivity index (χ1) is 21.1. The largest absolute Gasteiger partial charge is 0.465 e. The van der Waals surface area contributed by atoms with Crippen LogP contribution in [0, 0.1) is 11.8 Å². The van der Waals surface area contributed by atoms with Crippen molar-refractivity contribution in [3.63, 3.8) is 0 Å². The SMILES string of the molecule is CC.CC(C)CCN(C)CCC(C)C.CCCCN(CC)CCCn1c(C(=O)NCC(=O)OCC)nc2ccc(C=O)cc21. The molecule has 2 aromatic rings. The van der Waals surface area contributed by atoms with Crippen LogP contribution in [0.1, 0.15) is 115 Å². The maximum absolute atomic E-state index is 12.7. The molecule has 0 radical (unpaired) electrons. The van der Waals surface area contributed by atoms with E-state index in [-0.39, 0.29) is 19.0 Å². The normalized spacial score (nSPS) is 11.0. The van der Waals surface area contributed by atoms with E-state index in [9.17, 15) is 14.4 Å². The van der Waals surface area contributed by atoms with E-state index in [4.69, 9.17) is 4.74 Å². The third kappa shape index (κ3) is 16.9. The number of fused-ring (bicyclic) bond motifs is 1. The molecule has 0 saturated carbocycles. The fraction of sp³-hybridized carbons (Fsp3) is 0.714. The van der Waals surface area contributed by atoms with Gasteiger partial charge in [-0.25, -0.2) is 4.98 Å². The summed E-state index contributed by atoms with van der Waals surface area (Å²) in [6.07, 6.45) is 6.59. The molecule has 0 aliphatic heterocycles. The third-order valence-corrected chi connectivity index (χ3v) is 7.12. The zero-order chi connectivity index (χ0) is 33.5. The standard InChI is InChI=1S/C22H32N4O4.C11H25N.C2H6/c1-4-7-11-25(5-2)12-8-13-26-19-14-17(16-27)9-10-18(19)24-21(26)22(29)23-15-20(28)30-6-3;1-10(2)6-8-12(5)9-7-11(3)4;1-2/h9-10,14,16H,4-8,11-13,15H2,1-3H3,(H,23,29);10-11H,6-9H2,1-5H3;1-2H3. The van der Waals surface area contributed by atoms with Crippen molar-refractivity contribution in [3.05, 3.63) is 29.6 Å². The van der Waals surface area contributed by atoms with E-state index in [1.54, 1.807) is 25.1 Å². The van der Waals surface area contributed by atoms with Crippen molar-refractivity contribution in [2.24, 2.45) is 11.8 Å². The molecule has 1 heterocycles. The number of hydrogen-bond acceptors (Lipinski definition) is 7. The number of aryl methyl sites for hydroxylation is 1. The van der Waals surface area contributed by atoms with Gasteiger partial charge in [-0.3, -0.25) is 14.4 Å². The Hall–Kier alpha value is -2.78. The van der Waals surface area contributed by atoms with Gasteiger partial charge in [-0.2, -0.15) is 0 Å². The Morgan fingerprint density at radius 3 is 2.11 bits per heavy atom. The summed E-state index contributed by atoms with van der Waals surface area (Å²) in [6, 6.07) is 5.15. The zero-order valence-electron chi connectivity index (χ0n) is 29.6. The maximum atomic E-state index is 12.7. The number of benzene rings is 1. The predicted octanol–water partition coefficient (Wildman–Crippen LogP) is 6.69. The molecule has 0 unspecified atom stereocenters. The van der Waals surface area contributed by atoms with Crippen molar-refractivity contribution in [1.82, 2.24) is 24.7 Å². The number of esters is 1. The van der Waals surface area contributed by atoms with Gasteiger partial charge >= 0.3 is 5.97 Å². The van der Waals surface area contributed by atoms with Crippen LogP contribution in [0.25, 0.3) is 11.0 Å². The van der Waals surface area contributed by atoms with E-state index in [0.717, 1.165) is 62.5 Å². The lowest BCUT2D eigenvalue weighted by Crippen LogP contribution is -2.33. The fourth-order valence-electron chi connectivity index (χ4n) is 4.39. The van der Waals surface area contributed by atoms with Crippen LogP contribution in [0.4, 0.5) is 0 Å². The Balaban J connectivity index is 0.00000111. The number of nitrogens with one attached hydrogen (secondary N) is 1. The number of hydrogen-bond donors (Lipinski definition) is 1. The minimum absolute atomic E-state index is 0.212. The Bertz CT molecular complexity index is 1050. The first kappa shape index (κ1) is 41.2. The molecule has 0 saturated heterocycles. The maximum Gasteiger partial charge on any atom is 0.325 e. The molecule has 1 amide bonds. The van der Waals surface area contributed by atoms with Crippen molar-refractivity contribution < 1.29 is 19.1 Å². The summed E-state index contributed by atoms with van der Waals surface area (Å²) in [7, 11) is 2.23. The minimum atomic E-state index is -0.494. The average Bonchev–Trinajstić information content (AvgIpc) is 3.38. The summed E-state index contributed by atoms with van der Waals surface area (Å²) in [4.78, 5) is 44.8. The van der Waals surface area contributed by atoms with E-state index >= 15 is 0 Å². The van der Waals surface area contributed by atoms with E-state index in [0.29, 0.717) is 17.6 Å². The number of unbranched alkanes of at least 4 members (excludes halogenated alkanes) is 1. The molecule has 0 spiro atoms. The van der Waals surface area contributed by atoms with Crippen LogP contribution in [-0.4, -0.2) is 90.4 Å². The van der Waals surface area contributed by atoms with Gasteiger partial charge in [0.15, 0.2) is 5.82 Å². The monoisotopic (exact) mass is 617 g/mol. The molecule has 44 heavy (non-hydrogen) atoms.